The zero-order valence-corrected chi connectivity index (χ0v) is 8.48. The van der Waals surface area contributed by atoms with Crippen LogP contribution in [0.25, 0.3) is 0 Å². The number of amides is 1. The lowest BCUT2D eigenvalue weighted by Crippen LogP contribution is -2.27. The quantitative estimate of drug-likeness (QED) is 0.634. The summed E-state index contributed by atoms with van der Waals surface area (Å²) in [6, 6.07) is 1.92. The average molecular weight is 192 g/mol. The normalized spacial score (nSPS) is 9.57. The fourth-order valence-electron chi connectivity index (χ4n) is 1.19. The van der Waals surface area contributed by atoms with E-state index in [1.54, 1.807) is 31.9 Å². The van der Waals surface area contributed by atoms with Crippen molar-refractivity contribution in [3.63, 3.8) is 0 Å². The summed E-state index contributed by atoms with van der Waals surface area (Å²) < 4.78 is 1.59. The summed E-state index contributed by atoms with van der Waals surface area (Å²) in [6.07, 6.45) is 1.66. The van der Waals surface area contributed by atoms with E-state index < -0.39 is 0 Å². The summed E-state index contributed by atoms with van der Waals surface area (Å²) in [4.78, 5) is 13.1. The molecular weight excluding hydrogens is 180 g/mol. The Labute approximate surface area is 82.5 Å². The van der Waals surface area contributed by atoms with E-state index in [2.05, 4.69) is 5.10 Å². The van der Waals surface area contributed by atoms with E-state index in [0.29, 0.717) is 11.3 Å². The molecule has 0 aliphatic heterocycles. The summed E-state index contributed by atoms with van der Waals surface area (Å²) in [5.41, 5.74) is 1.23. The topological polar surface area (TPSA) is 61.9 Å². The third-order valence-electron chi connectivity index (χ3n) is 1.90. The molecule has 0 unspecified atom stereocenters. The lowest BCUT2D eigenvalue weighted by Gasteiger charge is -2.11. The summed E-state index contributed by atoms with van der Waals surface area (Å²) >= 11 is 0. The van der Waals surface area contributed by atoms with Gasteiger partial charge in [-0.15, -0.1) is 0 Å². The number of aromatic nitrogens is 2. The van der Waals surface area contributed by atoms with Crippen molar-refractivity contribution in [2.24, 2.45) is 7.05 Å². The molecular formula is C9H12N4O. The van der Waals surface area contributed by atoms with Crippen molar-refractivity contribution in [1.82, 2.24) is 14.7 Å². The molecule has 0 aliphatic rings. The Kier molecular flexibility index (Phi) is 2.87. The van der Waals surface area contributed by atoms with Crippen molar-refractivity contribution >= 4 is 5.91 Å². The van der Waals surface area contributed by atoms with Gasteiger partial charge >= 0.3 is 0 Å². The Hall–Kier alpha value is -1.83. The summed E-state index contributed by atoms with van der Waals surface area (Å²) in [7, 11) is 3.35. The number of carbonyl (C=O) groups excluding carboxylic acids is 1. The molecule has 14 heavy (non-hydrogen) atoms. The molecule has 0 saturated carbocycles. The minimum Gasteiger partial charge on any atom is -0.328 e. The molecule has 0 atom stereocenters. The molecule has 0 aliphatic carbocycles. The number of aryl methyl sites for hydroxylation is 2. The van der Waals surface area contributed by atoms with Gasteiger partial charge in [0.05, 0.1) is 17.3 Å². The molecule has 0 N–H and O–H groups in total. The van der Waals surface area contributed by atoms with E-state index in [1.165, 1.54) is 4.90 Å². The summed E-state index contributed by atoms with van der Waals surface area (Å²) in [6.45, 7) is 1.86. The van der Waals surface area contributed by atoms with Crippen molar-refractivity contribution < 1.29 is 4.79 Å². The zero-order valence-electron chi connectivity index (χ0n) is 8.48. The van der Waals surface area contributed by atoms with Gasteiger partial charge in [0.2, 0.25) is 0 Å². The summed E-state index contributed by atoms with van der Waals surface area (Å²) in [5, 5.41) is 12.5. The molecule has 0 bridgehead atoms. The lowest BCUT2D eigenvalue weighted by molar-refractivity contribution is 0.0811. The fraction of sp³-hybridized carbons (Fsp3) is 0.444. The van der Waals surface area contributed by atoms with Crippen LogP contribution in [0.5, 0.6) is 0 Å². The molecule has 1 aromatic rings. The van der Waals surface area contributed by atoms with Gasteiger partial charge in [0.1, 0.15) is 6.54 Å². The van der Waals surface area contributed by atoms with E-state index in [0.717, 1.165) is 0 Å². The first-order chi connectivity index (χ1) is 6.56. The third kappa shape index (κ3) is 1.91. The van der Waals surface area contributed by atoms with E-state index in [1.807, 2.05) is 6.07 Å². The van der Waals surface area contributed by atoms with Crippen molar-refractivity contribution in [3.8, 4) is 6.07 Å². The van der Waals surface area contributed by atoms with Crippen LogP contribution in [0.2, 0.25) is 0 Å². The highest BCUT2D eigenvalue weighted by Gasteiger charge is 2.15. The Morgan fingerprint density at radius 2 is 2.43 bits per heavy atom. The molecule has 0 saturated heterocycles. The SMILES string of the molecule is Cc1nn(C)cc1C(=O)N(C)CC#N. The molecule has 74 valence electrons. The van der Waals surface area contributed by atoms with E-state index in [9.17, 15) is 4.79 Å². The minimum atomic E-state index is -0.169. The Morgan fingerprint density at radius 3 is 2.86 bits per heavy atom. The molecule has 0 spiro atoms. The van der Waals surface area contributed by atoms with Crippen LogP contribution in [0.1, 0.15) is 16.1 Å². The minimum absolute atomic E-state index is 0.0904. The predicted octanol–water partition coefficient (Wildman–Crippen LogP) is 0.324. The standard InChI is InChI=1S/C9H12N4O/c1-7-8(6-13(3)11-7)9(14)12(2)5-4-10/h6H,5H2,1-3H3. The van der Waals surface area contributed by atoms with Crippen molar-refractivity contribution in [2.75, 3.05) is 13.6 Å². The van der Waals surface area contributed by atoms with Gasteiger partial charge in [-0.25, -0.2) is 0 Å². The maximum Gasteiger partial charge on any atom is 0.257 e. The van der Waals surface area contributed by atoms with Crippen LogP contribution < -0.4 is 0 Å². The van der Waals surface area contributed by atoms with E-state index in [4.69, 9.17) is 5.26 Å². The maximum absolute atomic E-state index is 11.7. The monoisotopic (exact) mass is 192 g/mol. The van der Waals surface area contributed by atoms with Crippen molar-refractivity contribution in [2.45, 2.75) is 6.92 Å². The highest BCUT2D eigenvalue weighted by Crippen LogP contribution is 2.07. The van der Waals surface area contributed by atoms with Crippen LogP contribution in [-0.4, -0.2) is 34.2 Å². The van der Waals surface area contributed by atoms with Gasteiger partial charge in [-0.05, 0) is 6.92 Å². The van der Waals surface area contributed by atoms with Gasteiger partial charge in [-0.3, -0.25) is 9.48 Å². The number of rotatable bonds is 2. The van der Waals surface area contributed by atoms with Crippen LogP contribution >= 0.6 is 0 Å². The molecule has 5 nitrogen and oxygen atoms in total. The first-order valence-electron chi connectivity index (χ1n) is 4.19. The van der Waals surface area contributed by atoms with Crippen LogP contribution in [0.15, 0.2) is 6.20 Å². The smallest absolute Gasteiger partial charge is 0.257 e. The number of hydrogen-bond acceptors (Lipinski definition) is 3. The van der Waals surface area contributed by atoms with Crippen LogP contribution in [0, 0.1) is 18.3 Å². The van der Waals surface area contributed by atoms with Gasteiger partial charge in [-0.2, -0.15) is 10.4 Å². The lowest BCUT2D eigenvalue weighted by atomic mass is 10.2. The fourth-order valence-corrected chi connectivity index (χ4v) is 1.19. The number of carbonyl (C=O) groups is 1. The van der Waals surface area contributed by atoms with Crippen molar-refractivity contribution in [1.29, 1.82) is 5.26 Å². The molecule has 1 rings (SSSR count). The Morgan fingerprint density at radius 1 is 1.79 bits per heavy atom. The predicted molar refractivity (Wildman–Crippen MR) is 50.5 cm³/mol. The second-order valence-electron chi connectivity index (χ2n) is 3.12. The number of nitriles is 1. The average Bonchev–Trinajstić information content (AvgIpc) is 2.44. The van der Waals surface area contributed by atoms with Crippen LogP contribution in [0.4, 0.5) is 0 Å². The molecule has 0 aromatic carbocycles. The zero-order chi connectivity index (χ0) is 10.7. The molecule has 0 fully saturated rings. The van der Waals surface area contributed by atoms with Gasteiger partial charge < -0.3 is 4.90 Å². The van der Waals surface area contributed by atoms with Crippen molar-refractivity contribution in [3.05, 3.63) is 17.5 Å². The van der Waals surface area contributed by atoms with Gasteiger partial charge in [-0.1, -0.05) is 0 Å². The molecule has 1 amide bonds. The third-order valence-corrected chi connectivity index (χ3v) is 1.90. The molecule has 1 aromatic heterocycles. The number of hydrogen-bond donors (Lipinski definition) is 0. The van der Waals surface area contributed by atoms with Crippen LogP contribution in [0.3, 0.4) is 0 Å². The Bertz CT molecular complexity index is 388. The Balaban J connectivity index is 2.90. The second-order valence-corrected chi connectivity index (χ2v) is 3.12. The van der Waals surface area contributed by atoms with Gasteiger partial charge in [0.15, 0.2) is 0 Å². The first kappa shape index (κ1) is 10.3. The highest BCUT2D eigenvalue weighted by atomic mass is 16.2. The van der Waals surface area contributed by atoms with E-state index in [-0.39, 0.29) is 12.5 Å². The van der Waals surface area contributed by atoms with Crippen LogP contribution in [-0.2, 0) is 7.05 Å². The largest absolute Gasteiger partial charge is 0.328 e. The second kappa shape index (κ2) is 3.92. The van der Waals surface area contributed by atoms with Gasteiger partial charge in [0.25, 0.3) is 5.91 Å². The van der Waals surface area contributed by atoms with E-state index >= 15 is 0 Å². The molecule has 5 heteroatoms. The maximum atomic E-state index is 11.7. The highest BCUT2D eigenvalue weighted by molar-refractivity contribution is 5.95. The summed E-state index contributed by atoms with van der Waals surface area (Å²) in [5.74, 6) is -0.169. The van der Waals surface area contributed by atoms with Gasteiger partial charge in [0, 0.05) is 20.3 Å². The molecule has 0 radical (unpaired) electrons. The first-order valence-corrected chi connectivity index (χ1v) is 4.19. The molecule has 1 heterocycles. The number of nitrogens with zero attached hydrogens (tertiary/aromatic N) is 4.